The van der Waals surface area contributed by atoms with Crippen LogP contribution in [0.3, 0.4) is 0 Å². The van der Waals surface area contributed by atoms with Crippen molar-refractivity contribution in [3.05, 3.63) is 71.8 Å². The van der Waals surface area contributed by atoms with Crippen LogP contribution in [0.2, 0.25) is 0 Å². The van der Waals surface area contributed by atoms with Gasteiger partial charge < -0.3 is 25.3 Å². The van der Waals surface area contributed by atoms with Gasteiger partial charge in [0.05, 0.1) is 12.5 Å². The number of hydrogen-bond acceptors (Lipinski definition) is 6. The third kappa shape index (κ3) is 7.60. The largest absolute Gasteiger partial charge is 0.481 e. The molecule has 174 valence electrons. The van der Waals surface area contributed by atoms with E-state index in [1.54, 1.807) is 48.5 Å². The summed E-state index contributed by atoms with van der Waals surface area (Å²) in [6.45, 7) is 0.0884. The van der Waals surface area contributed by atoms with Gasteiger partial charge >= 0.3 is 12.1 Å². The molecule has 10 heteroatoms. The zero-order chi connectivity index (χ0) is 23.6. The fraction of sp³-hybridized carbons (Fsp3) is 0.304. The number of carboxylic acids is 1. The highest BCUT2D eigenvalue weighted by atomic mass is 79.9. The van der Waals surface area contributed by atoms with Gasteiger partial charge in [0.15, 0.2) is 6.10 Å². The van der Waals surface area contributed by atoms with Gasteiger partial charge in [0.1, 0.15) is 17.3 Å². The number of alkyl carbamates (subject to hydrolysis) is 1. The van der Waals surface area contributed by atoms with Crippen molar-refractivity contribution in [1.82, 2.24) is 10.6 Å². The van der Waals surface area contributed by atoms with E-state index in [4.69, 9.17) is 9.57 Å². The van der Waals surface area contributed by atoms with Crippen LogP contribution < -0.4 is 10.6 Å². The van der Waals surface area contributed by atoms with Crippen molar-refractivity contribution in [1.29, 1.82) is 0 Å². The lowest BCUT2D eigenvalue weighted by Gasteiger charge is -2.25. The Bertz CT molecular complexity index is 986. The van der Waals surface area contributed by atoms with Crippen molar-refractivity contribution in [2.24, 2.45) is 11.1 Å². The smallest absolute Gasteiger partial charge is 0.408 e. The Hall–Kier alpha value is -3.40. The van der Waals surface area contributed by atoms with Gasteiger partial charge in [-0.2, -0.15) is 0 Å². The molecule has 0 radical (unpaired) electrons. The van der Waals surface area contributed by atoms with E-state index < -0.39 is 29.9 Å². The van der Waals surface area contributed by atoms with Gasteiger partial charge in [-0.3, -0.25) is 9.59 Å². The van der Waals surface area contributed by atoms with E-state index in [1.165, 1.54) is 0 Å². The monoisotopic (exact) mass is 517 g/mol. The lowest BCUT2D eigenvalue weighted by Crippen LogP contribution is -2.54. The number of hydrogen-bond donors (Lipinski definition) is 3. The third-order valence-corrected chi connectivity index (χ3v) is 5.46. The summed E-state index contributed by atoms with van der Waals surface area (Å²) < 4.78 is 5.83. The summed E-state index contributed by atoms with van der Waals surface area (Å²) in [5.74, 6) is -3.09. The molecule has 3 atom stereocenters. The quantitative estimate of drug-likeness (QED) is 0.444. The van der Waals surface area contributed by atoms with E-state index in [1.807, 2.05) is 12.1 Å². The van der Waals surface area contributed by atoms with Crippen LogP contribution in [-0.4, -0.2) is 46.4 Å². The summed E-state index contributed by atoms with van der Waals surface area (Å²) in [6.07, 6.45) is -0.751. The van der Waals surface area contributed by atoms with Gasteiger partial charge in [0.25, 0.3) is 0 Å². The highest BCUT2D eigenvalue weighted by Gasteiger charge is 2.36. The Balaban J connectivity index is 1.69. The molecular formula is C23H24BrN3O6. The van der Waals surface area contributed by atoms with Crippen LogP contribution in [0.5, 0.6) is 0 Å². The molecular weight excluding hydrogens is 494 g/mol. The standard InChI is InChI=1S/C23H24BrN3O6/c24-19-12-17(33-27-19)13-25-21(28)20(18(22(29)30)11-15-7-3-1-4-8-15)26-23(31)32-14-16-9-5-2-6-10-16/h1-10,17-18,20H,11-14H2,(H,25,28)(H,26,31)(H,29,30)/t17?,18?,20-/m0/s1. The molecule has 0 saturated heterocycles. The average molecular weight is 518 g/mol. The van der Waals surface area contributed by atoms with Gasteiger partial charge in [-0.25, -0.2) is 4.79 Å². The Kier molecular flexibility index (Phi) is 8.82. The Morgan fingerprint density at radius 2 is 1.73 bits per heavy atom. The number of aliphatic carboxylic acids is 1. The normalized spacial score (nSPS) is 16.6. The number of amides is 2. The van der Waals surface area contributed by atoms with Crippen LogP contribution in [0.4, 0.5) is 4.79 Å². The molecule has 2 amide bonds. The Morgan fingerprint density at radius 1 is 1.09 bits per heavy atom. The van der Waals surface area contributed by atoms with Gasteiger partial charge in [-0.15, -0.1) is 0 Å². The summed E-state index contributed by atoms with van der Waals surface area (Å²) in [5.41, 5.74) is 1.48. The predicted octanol–water partition coefficient (Wildman–Crippen LogP) is 2.84. The molecule has 0 fully saturated rings. The molecule has 1 aliphatic rings. The van der Waals surface area contributed by atoms with E-state index >= 15 is 0 Å². The van der Waals surface area contributed by atoms with E-state index in [-0.39, 0.29) is 25.7 Å². The summed E-state index contributed by atoms with van der Waals surface area (Å²) in [4.78, 5) is 42.7. The molecule has 9 nitrogen and oxygen atoms in total. The third-order valence-electron chi connectivity index (χ3n) is 4.99. The number of ether oxygens (including phenoxy) is 1. The van der Waals surface area contributed by atoms with Crippen molar-refractivity contribution in [2.45, 2.75) is 31.6 Å². The predicted molar refractivity (Wildman–Crippen MR) is 124 cm³/mol. The van der Waals surface area contributed by atoms with Crippen molar-refractivity contribution in [2.75, 3.05) is 6.54 Å². The lowest BCUT2D eigenvalue weighted by atomic mass is 9.91. The molecule has 33 heavy (non-hydrogen) atoms. The number of nitrogens with one attached hydrogen (secondary N) is 2. The molecule has 0 aliphatic carbocycles. The highest BCUT2D eigenvalue weighted by molar-refractivity contribution is 9.18. The van der Waals surface area contributed by atoms with Gasteiger partial charge in [-0.05, 0) is 33.5 Å². The van der Waals surface area contributed by atoms with E-state index in [2.05, 4.69) is 31.7 Å². The maximum absolute atomic E-state index is 13.0. The molecule has 3 rings (SSSR count). The molecule has 0 spiro atoms. The number of carboxylic acid groups (broad SMARTS) is 1. The van der Waals surface area contributed by atoms with E-state index in [9.17, 15) is 19.5 Å². The Morgan fingerprint density at radius 3 is 2.30 bits per heavy atom. The number of rotatable bonds is 10. The maximum Gasteiger partial charge on any atom is 0.408 e. The molecule has 1 aliphatic heterocycles. The van der Waals surface area contributed by atoms with Crippen LogP contribution in [0.25, 0.3) is 0 Å². The van der Waals surface area contributed by atoms with Crippen LogP contribution in [0, 0.1) is 5.92 Å². The molecule has 2 unspecified atom stereocenters. The Labute approximate surface area is 199 Å². The topological polar surface area (TPSA) is 126 Å². The van der Waals surface area contributed by atoms with Crippen LogP contribution in [0.15, 0.2) is 65.8 Å². The van der Waals surface area contributed by atoms with Crippen molar-refractivity contribution in [3.63, 3.8) is 0 Å². The lowest BCUT2D eigenvalue weighted by molar-refractivity contribution is -0.145. The molecule has 0 aromatic heterocycles. The molecule has 2 aromatic rings. The first-order valence-corrected chi connectivity index (χ1v) is 11.1. The average Bonchev–Trinajstić information content (AvgIpc) is 3.24. The summed E-state index contributed by atoms with van der Waals surface area (Å²) in [6, 6.07) is 16.5. The van der Waals surface area contributed by atoms with Gasteiger partial charge in [0, 0.05) is 6.42 Å². The van der Waals surface area contributed by atoms with Crippen molar-refractivity contribution >= 4 is 38.5 Å². The number of halogens is 1. The first kappa shape index (κ1) is 24.2. The first-order chi connectivity index (χ1) is 15.9. The van der Waals surface area contributed by atoms with E-state index in [0.717, 1.165) is 11.1 Å². The van der Waals surface area contributed by atoms with E-state index in [0.29, 0.717) is 11.0 Å². The van der Waals surface area contributed by atoms with Crippen LogP contribution in [0.1, 0.15) is 17.5 Å². The highest BCUT2D eigenvalue weighted by Crippen LogP contribution is 2.16. The summed E-state index contributed by atoms with van der Waals surface area (Å²) in [5, 5.41) is 18.7. The number of benzene rings is 2. The second kappa shape index (κ2) is 12.0. The number of oxime groups is 1. The number of nitrogens with zero attached hydrogens (tertiary/aromatic N) is 1. The van der Waals surface area contributed by atoms with Crippen molar-refractivity contribution < 1.29 is 29.1 Å². The minimum absolute atomic E-state index is 0.0152. The van der Waals surface area contributed by atoms with Gasteiger partial charge in [-0.1, -0.05) is 65.8 Å². The van der Waals surface area contributed by atoms with Crippen molar-refractivity contribution in [3.8, 4) is 0 Å². The van der Waals surface area contributed by atoms with Crippen LogP contribution in [-0.2, 0) is 32.2 Å². The molecule has 0 bridgehead atoms. The summed E-state index contributed by atoms with van der Waals surface area (Å²) >= 11 is 3.22. The molecule has 1 heterocycles. The fourth-order valence-electron chi connectivity index (χ4n) is 3.28. The number of carbonyl (C=O) groups excluding carboxylic acids is 2. The molecule has 0 saturated carbocycles. The fourth-order valence-corrected chi connectivity index (χ4v) is 3.73. The summed E-state index contributed by atoms with van der Waals surface area (Å²) in [7, 11) is 0. The van der Waals surface area contributed by atoms with Gasteiger partial charge in [0.2, 0.25) is 5.91 Å². The minimum Gasteiger partial charge on any atom is -0.481 e. The molecule has 2 aromatic carbocycles. The molecule has 3 N–H and O–H groups in total. The minimum atomic E-state index is -1.36. The zero-order valence-electron chi connectivity index (χ0n) is 17.6. The SMILES string of the molecule is O=C(N[C@H](C(=O)NCC1CC(Br)=NO1)C(Cc1ccccc1)C(=O)O)OCc1ccccc1. The first-order valence-electron chi connectivity index (χ1n) is 10.3. The second-order valence-electron chi connectivity index (χ2n) is 7.46. The zero-order valence-corrected chi connectivity index (χ0v) is 19.2. The second-order valence-corrected chi connectivity index (χ2v) is 8.38. The maximum atomic E-state index is 13.0. The number of carbonyl (C=O) groups is 3. The van der Waals surface area contributed by atoms with Crippen LogP contribution >= 0.6 is 15.9 Å².